The number of para-hydroxylation sites is 1. The average molecular weight is 354 g/mol. The van der Waals surface area contributed by atoms with Gasteiger partial charge >= 0.3 is 0 Å². The number of thioether (sulfide) groups is 1. The molecule has 0 fully saturated rings. The molecular formula is C16H14N6O2S. The van der Waals surface area contributed by atoms with Gasteiger partial charge in [0.1, 0.15) is 18.4 Å². The smallest absolute Gasteiger partial charge is 0.225 e. The van der Waals surface area contributed by atoms with E-state index >= 15 is 0 Å². The monoisotopic (exact) mass is 354 g/mol. The van der Waals surface area contributed by atoms with Gasteiger partial charge in [-0.05, 0) is 34.7 Å². The van der Waals surface area contributed by atoms with Crippen LogP contribution in [-0.2, 0) is 11.3 Å². The lowest BCUT2D eigenvalue weighted by molar-refractivity contribution is -0.115. The third kappa shape index (κ3) is 4.45. The lowest BCUT2D eigenvalue weighted by atomic mass is 10.2. The van der Waals surface area contributed by atoms with E-state index in [9.17, 15) is 4.79 Å². The maximum atomic E-state index is 12.0. The molecule has 9 heteroatoms. The van der Waals surface area contributed by atoms with Crippen LogP contribution in [0.3, 0.4) is 0 Å². The molecule has 1 N–H and O–H groups in total. The molecular weight excluding hydrogens is 340 g/mol. The van der Waals surface area contributed by atoms with Gasteiger partial charge in [-0.2, -0.15) is 5.26 Å². The molecule has 0 unspecified atom stereocenters. The van der Waals surface area contributed by atoms with Crippen LogP contribution in [0.15, 0.2) is 52.2 Å². The van der Waals surface area contributed by atoms with Crippen LogP contribution < -0.4 is 5.32 Å². The van der Waals surface area contributed by atoms with Crippen LogP contribution >= 0.6 is 11.8 Å². The second-order valence-corrected chi connectivity index (χ2v) is 6.06. The van der Waals surface area contributed by atoms with Crippen molar-refractivity contribution in [1.29, 1.82) is 5.26 Å². The van der Waals surface area contributed by atoms with E-state index in [2.05, 4.69) is 20.8 Å². The van der Waals surface area contributed by atoms with Crippen molar-refractivity contribution in [2.45, 2.75) is 18.1 Å². The molecule has 25 heavy (non-hydrogen) atoms. The number of carbonyl (C=O) groups excluding carboxylic acids is 1. The zero-order chi connectivity index (χ0) is 17.5. The predicted molar refractivity (Wildman–Crippen MR) is 90.8 cm³/mol. The van der Waals surface area contributed by atoms with Crippen LogP contribution in [0.1, 0.15) is 17.7 Å². The van der Waals surface area contributed by atoms with Crippen molar-refractivity contribution in [3.05, 3.63) is 54.0 Å². The maximum absolute atomic E-state index is 12.0. The Kier molecular flexibility index (Phi) is 5.43. The molecule has 0 aliphatic rings. The van der Waals surface area contributed by atoms with E-state index in [4.69, 9.17) is 9.68 Å². The molecule has 0 radical (unpaired) electrons. The van der Waals surface area contributed by atoms with Crippen molar-refractivity contribution < 1.29 is 9.21 Å². The second-order valence-electron chi connectivity index (χ2n) is 5.00. The Morgan fingerprint density at radius 1 is 1.32 bits per heavy atom. The molecule has 0 saturated heterocycles. The largest absolute Gasteiger partial charge is 0.467 e. The summed E-state index contributed by atoms with van der Waals surface area (Å²) in [6.07, 6.45) is 1.87. The van der Waals surface area contributed by atoms with Gasteiger partial charge in [-0.1, -0.05) is 23.9 Å². The summed E-state index contributed by atoms with van der Waals surface area (Å²) in [5.74, 6) is 1.10. The number of nitrogens with one attached hydrogen (secondary N) is 1. The van der Waals surface area contributed by atoms with E-state index in [0.29, 0.717) is 28.7 Å². The topological polar surface area (TPSA) is 110 Å². The molecule has 0 aliphatic heterocycles. The zero-order valence-corrected chi connectivity index (χ0v) is 13.9. The summed E-state index contributed by atoms with van der Waals surface area (Å²) in [4.78, 5) is 12.0. The summed E-state index contributed by atoms with van der Waals surface area (Å²) in [5, 5.41) is 23.9. The molecule has 0 atom stereocenters. The van der Waals surface area contributed by atoms with Crippen molar-refractivity contribution in [3.63, 3.8) is 0 Å². The van der Waals surface area contributed by atoms with Gasteiger partial charge in [-0.3, -0.25) is 4.79 Å². The van der Waals surface area contributed by atoms with Gasteiger partial charge in [-0.25, -0.2) is 4.68 Å². The van der Waals surface area contributed by atoms with Crippen LogP contribution in [0.25, 0.3) is 0 Å². The Balaban J connectivity index is 1.51. The van der Waals surface area contributed by atoms with E-state index in [1.54, 1.807) is 41.3 Å². The summed E-state index contributed by atoms with van der Waals surface area (Å²) in [6, 6.07) is 12.6. The Bertz CT molecular complexity index is 884. The fourth-order valence-corrected chi connectivity index (χ4v) is 2.90. The Hall–Kier alpha value is -3.12. The third-order valence-corrected chi connectivity index (χ3v) is 4.23. The Morgan fingerprint density at radius 3 is 3.00 bits per heavy atom. The van der Waals surface area contributed by atoms with Crippen LogP contribution in [0, 0.1) is 11.3 Å². The lowest BCUT2D eigenvalue weighted by Crippen LogP contribution is -2.13. The van der Waals surface area contributed by atoms with Gasteiger partial charge in [0.25, 0.3) is 0 Å². The van der Waals surface area contributed by atoms with E-state index < -0.39 is 0 Å². The molecule has 8 nitrogen and oxygen atoms in total. The minimum atomic E-state index is -0.166. The number of hydrogen-bond acceptors (Lipinski definition) is 7. The number of amides is 1. The second kappa shape index (κ2) is 8.12. The van der Waals surface area contributed by atoms with Crippen molar-refractivity contribution >= 4 is 23.4 Å². The quantitative estimate of drug-likeness (QED) is 0.648. The number of nitriles is 1. The Labute approximate surface area is 147 Å². The first kappa shape index (κ1) is 16.7. The van der Waals surface area contributed by atoms with Crippen LogP contribution in [-0.4, -0.2) is 31.9 Å². The maximum Gasteiger partial charge on any atom is 0.225 e. The number of nitrogens with zero attached hydrogens (tertiary/aromatic N) is 5. The van der Waals surface area contributed by atoms with Crippen LogP contribution in [0.5, 0.6) is 0 Å². The molecule has 1 aromatic carbocycles. The van der Waals surface area contributed by atoms with E-state index in [-0.39, 0.29) is 12.3 Å². The molecule has 0 spiro atoms. The normalized spacial score (nSPS) is 10.4. The number of benzene rings is 1. The number of aromatic nitrogens is 4. The minimum absolute atomic E-state index is 0.166. The molecule has 126 valence electrons. The number of furan rings is 1. The molecule has 0 bridgehead atoms. The van der Waals surface area contributed by atoms with Gasteiger partial charge in [-0.15, -0.1) is 5.10 Å². The number of carbonyl (C=O) groups is 1. The van der Waals surface area contributed by atoms with E-state index in [1.165, 1.54) is 11.8 Å². The summed E-state index contributed by atoms with van der Waals surface area (Å²) in [5.41, 5.74) is 0.952. The fourth-order valence-electron chi connectivity index (χ4n) is 2.09. The van der Waals surface area contributed by atoms with Gasteiger partial charge in [0.15, 0.2) is 0 Å². The fraction of sp³-hybridized carbons (Fsp3) is 0.188. The third-order valence-electron chi connectivity index (χ3n) is 3.27. The highest BCUT2D eigenvalue weighted by Gasteiger charge is 2.11. The molecule has 0 aliphatic carbocycles. The first-order valence-electron chi connectivity index (χ1n) is 7.46. The number of anilines is 1. The van der Waals surface area contributed by atoms with Gasteiger partial charge in [0.2, 0.25) is 11.1 Å². The SMILES string of the molecule is N#Cc1ccccc1NC(=O)CCSc1nnnn1Cc1ccco1. The van der Waals surface area contributed by atoms with E-state index in [0.717, 1.165) is 5.76 Å². The van der Waals surface area contributed by atoms with E-state index in [1.807, 2.05) is 12.1 Å². The first-order valence-corrected chi connectivity index (χ1v) is 8.45. The highest BCUT2D eigenvalue weighted by atomic mass is 32.2. The lowest BCUT2D eigenvalue weighted by Gasteiger charge is -2.06. The van der Waals surface area contributed by atoms with Gasteiger partial charge in [0.05, 0.1) is 17.5 Å². The first-order chi connectivity index (χ1) is 12.3. The molecule has 1 amide bonds. The average Bonchev–Trinajstić information content (AvgIpc) is 3.28. The van der Waals surface area contributed by atoms with Crippen LogP contribution in [0.4, 0.5) is 5.69 Å². The van der Waals surface area contributed by atoms with Crippen molar-refractivity contribution in [3.8, 4) is 6.07 Å². The van der Waals surface area contributed by atoms with Gasteiger partial charge < -0.3 is 9.73 Å². The molecule has 3 rings (SSSR count). The summed E-state index contributed by atoms with van der Waals surface area (Å²) in [7, 11) is 0. The van der Waals surface area contributed by atoms with Crippen molar-refractivity contribution in [1.82, 2.24) is 20.2 Å². The highest BCUT2D eigenvalue weighted by molar-refractivity contribution is 7.99. The minimum Gasteiger partial charge on any atom is -0.467 e. The standard InChI is InChI=1S/C16H14N6O2S/c17-10-12-4-1-2-6-14(12)18-15(23)7-9-25-16-19-20-21-22(16)11-13-5-3-8-24-13/h1-6,8H,7,9,11H2,(H,18,23). The summed E-state index contributed by atoms with van der Waals surface area (Å²) < 4.78 is 6.89. The number of rotatable bonds is 7. The predicted octanol–water partition coefficient (Wildman–Crippen LogP) is 2.31. The van der Waals surface area contributed by atoms with Crippen molar-refractivity contribution in [2.75, 3.05) is 11.1 Å². The highest BCUT2D eigenvalue weighted by Crippen LogP contribution is 2.18. The molecule has 3 aromatic rings. The Morgan fingerprint density at radius 2 is 2.20 bits per heavy atom. The summed E-state index contributed by atoms with van der Waals surface area (Å²) >= 11 is 1.38. The number of hydrogen-bond donors (Lipinski definition) is 1. The molecule has 0 saturated carbocycles. The van der Waals surface area contributed by atoms with Crippen molar-refractivity contribution in [2.24, 2.45) is 0 Å². The van der Waals surface area contributed by atoms with Gasteiger partial charge in [0, 0.05) is 12.2 Å². The zero-order valence-electron chi connectivity index (χ0n) is 13.1. The summed E-state index contributed by atoms with van der Waals surface area (Å²) in [6.45, 7) is 0.435. The van der Waals surface area contributed by atoms with Crippen LogP contribution in [0.2, 0.25) is 0 Å². The molecule has 2 heterocycles. The number of tetrazole rings is 1. The molecule has 2 aromatic heterocycles.